The summed E-state index contributed by atoms with van der Waals surface area (Å²) in [7, 11) is 0. The van der Waals surface area contributed by atoms with Crippen LogP contribution in [0.3, 0.4) is 0 Å². The Balaban J connectivity index is 1.31. The van der Waals surface area contributed by atoms with Crippen LogP contribution >= 0.6 is 0 Å². The summed E-state index contributed by atoms with van der Waals surface area (Å²) in [5.74, 6) is 1.48. The molecule has 0 radical (unpaired) electrons. The molecule has 2 atom stereocenters. The van der Waals surface area contributed by atoms with Crippen LogP contribution in [0.1, 0.15) is 30.7 Å². The van der Waals surface area contributed by atoms with E-state index in [4.69, 9.17) is 0 Å². The number of hydrogen-bond acceptors (Lipinski definition) is 3. The number of fused-ring (bicyclic) bond motifs is 1. The van der Waals surface area contributed by atoms with Crippen molar-refractivity contribution in [2.24, 2.45) is 5.92 Å². The van der Waals surface area contributed by atoms with Gasteiger partial charge in [-0.3, -0.25) is 9.69 Å². The fourth-order valence-electron chi connectivity index (χ4n) is 4.06. The molecule has 5 heteroatoms. The minimum atomic E-state index is 0.113. The molecule has 0 spiro atoms. The second-order valence-corrected chi connectivity index (χ2v) is 7.30. The normalized spacial score (nSPS) is 23.8. The van der Waals surface area contributed by atoms with Gasteiger partial charge < -0.3 is 9.88 Å². The lowest BCUT2D eigenvalue weighted by Crippen LogP contribution is -2.47. The fourth-order valence-corrected chi connectivity index (χ4v) is 4.06. The molecule has 0 aliphatic carbocycles. The van der Waals surface area contributed by atoms with E-state index in [1.165, 1.54) is 5.56 Å². The molecule has 2 aromatic rings. The Kier molecular flexibility index (Phi) is 4.83. The second kappa shape index (κ2) is 7.40. The number of rotatable bonds is 4. The summed E-state index contributed by atoms with van der Waals surface area (Å²) in [5.41, 5.74) is 1.32. The number of imidazole rings is 1. The molecule has 3 heterocycles. The van der Waals surface area contributed by atoms with Crippen LogP contribution in [0.4, 0.5) is 0 Å². The number of aryl methyl sites for hydroxylation is 1. The van der Waals surface area contributed by atoms with Crippen LogP contribution in [0.2, 0.25) is 0 Å². The molecule has 2 aliphatic heterocycles. The van der Waals surface area contributed by atoms with E-state index in [0.29, 0.717) is 0 Å². The summed E-state index contributed by atoms with van der Waals surface area (Å²) in [4.78, 5) is 19.5. The Morgan fingerprint density at radius 1 is 1.20 bits per heavy atom. The molecule has 1 aromatic carbocycles. The number of amides is 1. The van der Waals surface area contributed by atoms with Crippen molar-refractivity contribution in [2.45, 2.75) is 44.8 Å². The van der Waals surface area contributed by atoms with Gasteiger partial charge in [-0.2, -0.15) is 0 Å². The van der Waals surface area contributed by atoms with Crippen molar-refractivity contribution in [2.75, 3.05) is 13.1 Å². The number of piperidine rings is 1. The number of carbonyl (C=O) groups excluding carboxylic acids is 1. The number of carbonyl (C=O) groups is 1. The number of nitrogens with one attached hydrogen (secondary N) is 1. The molecule has 25 heavy (non-hydrogen) atoms. The van der Waals surface area contributed by atoms with Crippen LogP contribution in [0, 0.1) is 5.92 Å². The van der Waals surface area contributed by atoms with Crippen LogP contribution in [0.15, 0.2) is 42.7 Å². The molecular weight excluding hydrogens is 312 g/mol. The van der Waals surface area contributed by atoms with Gasteiger partial charge in [0.25, 0.3) is 0 Å². The highest BCUT2D eigenvalue weighted by molar-refractivity contribution is 5.79. The Bertz CT molecular complexity index is 711. The Morgan fingerprint density at radius 3 is 2.96 bits per heavy atom. The SMILES string of the molecule is O=C(N[C@H]1CCc2nccn2C1)[C@@H]1CCCN(Cc2ccccc2)C1. The molecule has 2 aliphatic rings. The topological polar surface area (TPSA) is 50.2 Å². The maximum atomic E-state index is 12.8. The average molecular weight is 338 g/mol. The maximum absolute atomic E-state index is 12.8. The summed E-state index contributed by atoms with van der Waals surface area (Å²) >= 11 is 0. The molecule has 1 saturated heterocycles. The first-order valence-corrected chi connectivity index (χ1v) is 9.34. The van der Waals surface area contributed by atoms with Gasteiger partial charge in [0.15, 0.2) is 0 Å². The van der Waals surface area contributed by atoms with Crippen LogP contribution in [-0.4, -0.2) is 39.5 Å². The van der Waals surface area contributed by atoms with Gasteiger partial charge in [-0.05, 0) is 31.4 Å². The van der Waals surface area contributed by atoms with Crippen molar-refractivity contribution in [3.05, 3.63) is 54.1 Å². The number of nitrogens with zero attached hydrogens (tertiary/aromatic N) is 3. The van der Waals surface area contributed by atoms with Crippen molar-refractivity contribution in [1.82, 2.24) is 19.8 Å². The average Bonchev–Trinajstić information content (AvgIpc) is 3.10. The van der Waals surface area contributed by atoms with Crippen LogP contribution < -0.4 is 5.32 Å². The van der Waals surface area contributed by atoms with E-state index in [0.717, 1.165) is 57.7 Å². The first-order valence-electron chi connectivity index (χ1n) is 9.34. The maximum Gasteiger partial charge on any atom is 0.224 e. The molecule has 4 rings (SSSR count). The Labute approximate surface area is 149 Å². The molecule has 132 valence electrons. The van der Waals surface area contributed by atoms with Crippen molar-refractivity contribution in [3.63, 3.8) is 0 Å². The molecule has 0 saturated carbocycles. The number of aromatic nitrogens is 2. The number of likely N-dealkylation sites (tertiary alicyclic amines) is 1. The highest BCUT2D eigenvalue weighted by Crippen LogP contribution is 2.20. The fraction of sp³-hybridized carbons (Fsp3) is 0.500. The molecule has 0 bridgehead atoms. The second-order valence-electron chi connectivity index (χ2n) is 7.30. The molecule has 1 N–H and O–H groups in total. The van der Waals surface area contributed by atoms with E-state index in [9.17, 15) is 4.79 Å². The van der Waals surface area contributed by atoms with Crippen LogP contribution in [-0.2, 0) is 24.3 Å². The quantitative estimate of drug-likeness (QED) is 0.930. The van der Waals surface area contributed by atoms with Gasteiger partial charge in [0.05, 0.1) is 5.92 Å². The molecule has 0 unspecified atom stereocenters. The first kappa shape index (κ1) is 16.3. The standard InChI is InChI=1S/C20H26N4O/c25-20(22-18-8-9-19-21-10-12-24(19)15-18)17-7-4-11-23(14-17)13-16-5-2-1-3-6-16/h1-3,5-6,10,12,17-18H,4,7-9,11,13-15H2,(H,22,25)/t17-,18+/m1/s1. The third-order valence-electron chi connectivity index (χ3n) is 5.41. The van der Waals surface area contributed by atoms with Gasteiger partial charge in [0.1, 0.15) is 5.82 Å². The van der Waals surface area contributed by atoms with Gasteiger partial charge in [-0.1, -0.05) is 30.3 Å². The van der Waals surface area contributed by atoms with Gasteiger partial charge in [0, 0.05) is 44.5 Å². The number of hydrogen-bond donors (Lipinski definition) is 1. The van der Waals surface area contributed by atoms with Gasteiger partial charge in [-0.25, -0.2) is 4.98 Å². The molecular formula is C20H26N4O. The van der Waals surface area contributed by atoms with Crippen molar-refractivity contribution in [1.29, 1.82) is 0 Å². The van der Waals surface area contributed by atoms with Crippen molar-refractivity contribution in [3.8, 4) is 0 Å². The summed E-state index contributed by atoms with van der Waals surface area (Å²) < 4.78 is 2.16. The minimum absolute atomic E-state index is 0.113. The smallest absolute Gasteiger partial charge is 0.224 e. The molecule has 1 aromatic heterocycles. The highest BCUT2D eigenvalue weighted by Gasteiger charge is 2.28. The Morgan fingerprint density at radius 2 is 2.08 bits per heavy atom. The zero-order chi connectivity index (χ0) is 17.1. The lowest BCUT2D eigenvalue weighted by molar-refractivity contribution is -0.127. The van der Waals surface area contributed by atoms with E-state index in [-0.39, 0.29) is 17.9 Å². The van der Waals surface area contributed by atoms with Gasteiger partial charge >= 0.3 is 0 Å². The predicted molar refractivity (Wildman–Crippen MR) is 96.9 cm³/mol. The molecule has 1 amide bonds. The third-order valence-corrected chi connectivity index (χ3v) is 5.41. The van der Waals surface area contributed by atoms with E-state index < -0.39 is 0 Å². The highest BCUT2D eigenvalue weighted by atomic mass is 16.2. The minimum Gasteiger partial charge on any atom is -0.351 e. The van der Waals surface area contributed by atoms with Crippen molar-refractivity contribution < 1.29 is 4.79 Å². The lowest BCUT2D eigenvalue weighted by Gasteiger charge is -2.33. The Hall–Kier alpha value is -2.14. The third kappa shape index (κ3) is 3.93. The largest absolute Gasteiger partial charge is 0.351 e. The first-order chi connectivity index (χ1) is 12.3. The predicted octanol–water partition coefficient (Wildman–Crippen LogP) is 2.23. The summed E-state index contributed by atoms with van der Waals surface area (Å²) in [6.07, 6.45) is 7.89. The van der Waals surface area contributed by atoms with Crippen LogP contribution in [0.5, 0.6) is 0 Å². The monoisotopic (exact) mass is 338 g/mol. The molecule has 5 nitrogen and oxygen atoms in total. The van der Waals surface area contributed by atoms with E-state index in [1.807, 2.05) is 18.5 Å². The zero-order valence-electron chi connectivity index (χ0n) is 14.6. The van der Waals surface area contributed by atoms with E-state index >= 15 is 0 Å². The zero-order valence-corrected chi connectivity index (χ0v) is 14.6. The summed E-state index contributed by atoms with van der Waals surface area (Å²) in [5, 5.41) is 3.29. The summed E-state index contributed by atoms with van der Waals surface area (Å²) in [6.45, 7) is 3.73. The number of benzene rings is 1. The van der Waals surface area contributed by atoms with Gasteiger partial charge in [0.2, 0.25) is 5.91 Å². The lowest BCUT2D eigenvalue weighted by atomic mass is 9.95. The van der Waals surface area contributed by atoms with Crippen LogP contribution in [0.25, 0.3) is 0 Å². The van der Waals surface area contributed by atoms with Crippen molar-refractivity contribution >= 4 is 5.91 Å². The van der Waals surface area contributed by atoms with E-state index in [2.05, 4.69) is 44.0 Å². The summed E-state index contributed by atoms with van der Waals surface area (Å²) in [6, 6.07) is 10.8. The van der Waals surface area contributed by atoms with Gasteiger partial charge in [-0.15, -0.1) is 0 Å². The molecule has 1 fully saturated rings. The van der Waals surface area contributed by atoms with E-state index in [1.54, 1.807) is 0 Å².